The number of aliphatic carboxylic acids is 1. The topological polar surface area (TPSA) is 77.9 Å². The van der Waals surface area contributed by atoms with Crippen LogP contribution in [-0.2, 0) is 9.59 Å². The Morgan fingerprint density at radius 2 is 1.88 bits per heavy atom. The molecule has 0 radical (unpaired) electrons. The number of amides is 2. The van der Waals surface area contributed by atoms with Crippen LogP contribution in [0.25, 0.3) is 10.8 Å². The number of piperidine rings is 1. The molecular weight excluding hydrogens is 332 g/mol. The monoisotopic (exact) mass is 354 g/mol. The van der Waals surface area contributed by atoms with Crippen molar-refractivity contribution in [3.05, 3.63) is 48.0 Å². The minimum absolute atomic E-state index is 0.0575. The molecule has 1 saturated heterocycles. The minimum atomic E-state index is -0.872. The molecule has 2 aromatic carbocycles. The van der Waals surface area contributed by atoms with Crippen molar-refractivity contribution in [3.8, 4) is 0 Å². The summed E-state index contributed by atoms with van der Waals surface area (Å²) in [5.74, 6) is -1.83. The first-order valence-electron chi connectivity index (χ1n) is 8.70. The molecule has 1 N–H and O–H groups in total. The van der Waals surface area contributed by atoms with Crippen LogP contribution in [0, 0.1) is 5.92 Å². The molecule has 1 unspecified atom stereocenters. The number of carboxylic acids is 1. The van der Waals surface area contributed by atoms with E-state index in [0.29, 0.717) is 24.9 Å². The van der Waals surface area contributed by atoms with Crippen molar-refractivity contribution < 1.29 is 19.5 Å². The lowest BCUT2D eigenvalue weighted by atomic mass is 9.98. The molecule has 1 heterocycles. The molecule has 0 saturated carbocycles. The highest BCUT2D eigenvalue weighted by Crippen LogP contribution is 2.18. The van der Waals surface area contributed by atoms with Gasteiger partial charge in [-0.05, 0) is 35.7 Å². The second-order valence-corrected chi connectivity index (χ2v) is 6.74. The third-order valence-corrected chi connectivity index (χ3v) is 4.84. The summed E-state index contributed by atoms with van der Waals surface area (Å²) >= 11 is 0. The summed E-state index contributed by atoms with van der Waals surface area (Å²) in [4.78, 5) is 39.2. The lowest BCUT2D eigenvalue weighted by Gasteiger charge is -2.32. The van der Waals surface area contributed by atoms with Crippen LogP contribution in [-0.4, -0.2) is 59.4 Å². The number of rotatable bonds is 4. The first-order valence-corrected chi connectivity index (χ1v) is 8.70. The van der Waals surface area contributed by atoms with Gasteiger partial charge in [-0.3, -0.25) is 14.4 Å². The van der Waals surface area contributed by atoms with E-state index in [1.807, 2.05) is 36.4 Å². The van der Waals surface area contributed by atoms with Crippen molar-refractivity contribution in [2.45, 2.75) is 12.8 Å². The van der Waals surface area contributed by atoms with E-state index in [-0.39, 0.29) is 24.9 Å². The fraction of sp³-hybridized carbons (Fsp3) is 0.350. The number of benzene rings is 2. The fourth-order valence-corrected chi connectivity index (χ4v) is 3.32. The molecule has 0 aliphatic carbocycles. The largest absolute Gasteiger partial charge is 0.481 e. The number of hydrogen-bond acceptors (Lipinski definition) is 3. The number of carboxylic acid groups (broad SMARTS) is 1. The summed E-state index contributed by atoms with van der Waals surface area (Å²) < 4.78 is 0. The Kier molecular flexibility index (Phi) is 5.21. The maximum absolute atomic E-state index is 12.6. The van der Waals surface area contributed by atoms with Crippen LogP contribution < -0.4 is 0 Å². The number of nitrogens with zero attached hydrogens (tertiary/aromatic N) is 2. The predicted molar refractivity (Wildman–Crippen MR) is 97.8 cm³/mol. The average Bonchev–Trinajstić information content (AvgIpc) is 2.67. The van der Waals surface area contributed by atoms with Crippen LogP contribution >= 0.6 is 0 Å². The Morgan fingerprint density at radius 1 is 1.15 bits per heavy atom. The lowest BCUT2D eigenvalue weighted by molar-refractivity contribution is -0.145. The van der Waals surface area contributed by atoms with Crippen molar-refractivity contribution >= 4 is 28.6 Å². The first-order chi connectivity index (χ1) is 12.5. The quantitative estimate of drug-likeness (QED) is 0.913. The molecule has 1 fully saturated rings. The molecule has 0 aromatic heterocycles. The summed E-state index contributed by atoms with van der Waals surface area (Å²) in [6.45, 7) is 0.699. The van der Waals surface area contributed by atoms with E-state index in [1.165, 1.54) is 4.90 Å². The van der Waals surface area contributed by atoms with E-state index < -0.39 is 11.9 Å². The molecule has 1 aliphatic heterocycles. The van der Waals surface area contributed by atoms with E-state index in [4.69, 9.17) is 5.11 Å². The van der Waals surface area contributed by atoms with Crippen LogP contribution in [0.5, 0.6) is 0 Å². The van der Waals surface area contributed by atoms with E-state index >= 15 is 0 Å². The first kappa shape index (κ1) is 17.9. The van der Waals surface area contributed by atoms with Crippen molar-refractivity contribution in [1.29, 1.82) is 0 Å². The number of likely N-dealkylation sites (tertiary alicyclic amines) is 1. The maximum atomic E-state index is 12.6. The van der Waals surface area contributed by atoms with Crippen LogP contribution in [0.4, 0.5) is 0 Å². The number of likely N-dealkylation sites (N-methyl/N-ethyl adjacent to an activating group) is 1. The molecule has 3 rings (SSSR count). The third kappa shape index (κ3) is 3.85. The normalized spacial score (nSPS) is 17.1. The second kappa shape index (κ2) is 7.56. The molecule has 2 amide bonds. The van der Waals surface area contributed by atoms with Crippen LogP contribution in [0.1, 0.15) is 23.2 Å². The van der Waals surface area contributed by atoms with Gasteiger partial charge in [0.2, 0.25) is 5.91 Å². The Bertz CT molecular complexity index is 849. The van der Waals surface area contributed by atoms with Crippen molar-refractivity contribution in [2.24, 2.45) is 5.92 Å². The van der Waals surface area contributed by atoms with Gasteiger partial charge in [0, 0.05) is 25.7 Å². The molecule has 6 heteroatoms. The Labute approximate surface area is 152 Å². The summed E-state index contributed by atoms with van der Waals surface area (Å²) in [5.41, 5.74) is 0.529. The van der Waals surface area contributed by atoms with Gasteiger partial charge in [-0.15, -0.1) is 0 Å². The Morgan fingerprint density at radius 3 is 2.62 bits per heavy atom. The van der Waals surface area contributed by atoms with Crippen molar-refractivity contribution in [2.75, 3.05) is 26.7 Å². The summed E-state index contributed by atoms with van der Waals surface area (Å²) in [7, 11) is 1.59. The van der Waals surface area contributed by atoms with Crippen LogP contribution in [0.3, 0.4) is 0 Å². The molecule has 26 heavy (non-hydrogen) atoms. The van der Waals surface area contributed by atoms with Crippen LogP contribution in [0.15, 0.2) is 42.5 Å². The van der Waals surface area contributed by atoms with E-state index in [2.05, 4.69) is 0 Å². The van der Waals surface area contributed by atoms with Gasteiger partial charge in [0.15, 0.2) is 0 Å². The van der Waals surface area contributed by atoms with E-state index in [9.17, 15) is 14.4 Å². The van der Waals surface area contributed by atoms with Crippen molar-refractivity contribution in [1.82, 2.24) is 9.80 Å². The Hall–Kier alpha value is -2.89. The highest BCUT2D eigenvalue weighted by Gasteiger charge is 2.29. The summed E-state index contributed by atoms with van der Waals surface area (Å²) in [6, 6.07) is 13.2. The molecule has 136 valence electrons. The highest BCUT2D eigenvalue weighted by molar-refractivity contribution is 5.99. The molecule has 1 aliphatic rings. The molecular formula is C20H22N2O4. The fourth-order valence-electron chi connectivity index (χ4n) is 3.32. The maximum Gasteiger partial charge on any atom is 0.308 e. The van der Waals surface area contributed by atoms with E-state index in [1.54, 1.807) is 18.0 Å². The lowest BCUT2D eigenvalue weighted by Crippen LogP contribution is -2.46. The van der Waals surface area contributed by atoms with Crippen molar-refractivity contribution in [3.63, 3.8) is 0 Å². The van der Waals surface area contributed by atoms with E-state index in [0.717, 1.165) is 10.8 Å². The average molecular weight is 354 g/mol. The number of hydrogen-bond donors (Lipinski definition) is 1. The van der Waals surface area contributed by atoms with Gasteiger partial charge >= 0.3 is 5.97 Å². The number of carbonyl (C=O) groups excluding carboxylic acids is 2. The summed E-state index contributed by atoms with van der Waals surface area (Å²) in [6.07, 6.45) is 1.26. The van der Waals surface area contributed by atoms with Gasteiger partial charge in [0.25, 0.3) is 5.91 Å². The zero-order valence-corrected chi connectivity index (χ0v) is 14.7. The second-order valence-electron chi connectivity index (χ2n) is 6.74. The highest BCUT2D eigenvalue weighted by atomic mass is 16.4. The molecule has 2 aromatic rings. The predicted octanol–water partition coefficient (Wildman–Crippen LogP) is 2.24. The third-order valence-electron chi connectivity index (χ3n) is 4.84. The summed E-state index contributed by atoms with van der Waals surface area (Å²) in [5, 5.41) is 11.2. The van der Waals surface area contributed by atoms with Gasteiger partial charge < -0.3 is 14.9 Å². The number of carbonyl (C=O) groups is 3. The van der Waals surface area contributed by atoms with Crippen LogP contribution in [0.2, 0.25) is 0 Å². The molecule has 0 bridgehead atoms. The zero-order chi connectivity index (χ0) is 18.7. The Balaban J connectivity index is 1.66. The molecule has 1 atom stereocenters. The van der Waals surface area contributed by atoms with Gasteiger partial charge in [-0.2, -0.15) is 0 Å². The smallest absolute Gasteiger partial charge is 0.308 e. The van der Waals surface area contributed by atoms with Gasteiger partial charge in [-0.1, -0.05) is 30.3 Å². The minimum Gasteiger partial charge on any atom is -0.481 e. The molecule has 6 nitrogen and oxygen atoms in total. The van der Waals surface area contributed by atoms with Gasteiger partial charge in [0.05, 0.1) is 12.5 Å². The SMILES string of the molecule is CN(CC(=O)N1CCCC(C(=O)O)C1)C(=O)c1ccc2ccccc2c1. The molecule has 0 spiro atoms. The zero-order valence-electron chi connectivity index (χ0n) is 14.7. The van der Waals surface area contributed by atoms with Gasteiger partial charge in [-0.25, -0.2) is 0 Å². The number of fused-ring (bicyclic) bond motifs is 1. The van der Waals surface area contributed by atoms with Gasteiger partial charge in [0.1, 0.15) is 0 Å². The standard InChI is InChI=1S/C20H22N2O4/c1-21(13-18(23)22-10-4-7-17(12-22)20(25)26)19(24)16-9-8-14-5-2-3-6-15(14)11-16/h2-3,5-6,8-9,11,17H,4,7,10,12-13H2,1H3,(H,25,26).